The topological polar surface area (TPSA) is 53.6 Å². The van der Waals surface area contributed by atoms with Crippen molar-refractivity contribution < 1.29 is 14.6 Å². The molecule has 2 N–H and O–H groups in total. The van der Waals surface area contributed by atoms with Crippen LogP contribution in [-0.4, -0.2) is 16.5 Å². The van der Waals surface area contributed by atoms with Gasteiger partial charge < -0.3 is 14.6 Å². The number of aliphatic hydroxyl groups is 2. The molecule has 0 bridgehead atoms. The summed E-state index contributed by atoms with van der Waals surface area (Å²) in [5, 5.41) is 18.0. The van der Waals surface area contributed by atoms with Crippen molar-refractivity contribution in [2.75, 3.05) is 0 Å². The molecule has 3 heteroatoms. The second-order valence-corrected chi connectivity index (χ2v) is 2.79. The number of rotatable bonds is 0. The highest BCUT2D eigenvalue weighted by atomic mass is 16.5. The van der Waals surface area contributed by atoms with Crippen molar-refractivity contribution in [3.63, 3.8) is 0 Å². The van der Waals surface area contributed by atoms with Gasteiger partial charge in [-0.05, 0) is 17.9 Å². The summed E-state index contributed by atoms with van der Waals surface area (Å²) in [6.07, 6.45) is -1.62. The maximum Gasteiger partial charge on any atom is 0.217 e. The normalized spacial score (nSPS) is 10.2. The number of benzene rings is 1. The largest absolute Gasteiger partial charge is 0.448 e. The molecule has 0 saturated heterocycles. The summed E-state index contributed by atoms with van der Waals surface area (Å²) in [6, 6.07) is 9.25. The van der Waals surface area contributed by atoms with E-state index in [-0.39, 0.29) is 0 Å². The molecule has 0 spiro atoms. The Labute approximate surface area is 80.6 Å². The lowest BCUT2D eigenvalue weighted by Crippen LogP contribution is -1.97. The van der Waals surface area contributed by atoms with Crippen LogP contribution in [0.15, 0.2) is 34.7 Å². The molecule has 0 saturated carbocycles. The van der Waals surface area contributed by atoms with Crippen molar-refractivity contribution in [1.82, 2.24) is 0 Å². The van der Waals surface area contributed by atoms with Crippen LogP contribution in [0.3, 0.4) is 0 Å². The Hall–Kier alpha value is -1.76. The van der Waals surface area contributed by atoms with Crippen molar-refractivity contribution in [1.29, 1.82) is 0 Å². The zero-order valence-corrected chi connectivity index (χ0v) is 7.27. The van der Waals surface area contributed by atoms with Gasteiger partial charge in [0, 0.05) is 11.5 Å². The van der Waals surface area contributed by atoms with Gasteiger partial charge in [-0.3, -0.25) is 0 Å². The van der Waals surface area contributed by atoms with Gasteiger partial charge in [0.1, 0.15) is 5.58 Å². The minimum absolute atomic E-state index is 0.430. The number of hydrogen-bond donors (Lipinski definition) is 2. The monoisotopic (exact) mass is 188 g/mol. The molecule has 14 heavy (non-hydrogen) atoms. The molecule has 0 aliphatic carbocycles. The van der Waals surface area contributed by atoms with Crippen LogP contribution < -0.4 is 0 Å². The molecule has 3 nitrogen and oxygen atoms in total. The van der Waals surface area contributed by atoms with Gasteiger partial charge in [0.15, 0.2) is 5.76 Å². The Kier molecular flexibility index (Phi) is 2.23. The highest BCUT2D eigenvalue weighted by Crippen LogP contribution is 2.17. The first-order valence-electron chi connectivity index (χ1n) is 4.12. The van der Waals surface area contributed by atoms with Crippen LogP contribution in [0.5, 0.6) is 0 Å². The molecule has 2 aromatic rings. The molecule has 1 heterocycles. The lowest BCUT2D eigenvalue weighted by Gasteiger charge is -1.85. The highest BCUT2D eigenvalue weighted by molar-refractivity contribution is 5.78. The quantitative estimate of drug-likeness (QED) is 0.480. The SMILES string of the molecule is OC(O)C#Cc1cc2ccccc2o1. The van der Waals surface area contributed by atoms with Crippen LogP contribution in [0.1, 0.15) is 5.76 Å². The van der Waals surface area contributed by atoms with Crippen molar-refractivity contribution in [2.45, 2.75) is 6.29 Å². The van der Waals surface area contributed by atoms with Gasteiger partial charge in [0.25, 0.3) is 0 Å². The van der Waals surface area contributed by atoms with E-state index in [9.17, 15) is 0 Å². The molecule has 0 aliphatic heterocycles. The Bertz CT molecular complexity index is 467. The summed E-state index contributed by atoms with van der Waals surface area (Å²) in [4.78, 5) is 0. The average Bonchev–Trinajstić information content (AvgIpc) is 2.57. The Balaban J connectivity index is 2.42. The predicted octanol–water partition coefficient (Wildman–Crippen LogP) is 1.09. The third-order valence-corrected chi connectivity index (χ3v) is 1.75. The van der Waals surface area contributed by atoms with Crippen molar-refractivity contribution in [3.8, 4) is 11.8 Å². The summed E-state index contributed by atoms with van der Waals surface area (Å²) in [5.41, 5.74) is 0.740. The average molecular weight is 188 g/mol. The fourth-order valence-electron chi connectivity index (χ4n) is 1.18. The molecule has 70 valence electrons. The first-order valence-corrected chi connectivity index (χ1v) is 4.12. The van der Waals surface area contributed by atoms with Crippen molar-refractivity contribution in [3.05, 3.63) is 36.1 Å². The fraction of sp³-hybridized carbons (Fsp3) is 0.0909. The van der Waals surface area contributed by atoms with Gasteiger partial charge in [-0.25, -0.2) is 0 Å². The van der Waals surface area contributed by atoms with Crippen LogP contribution >= 0.6 is 0 Å². The lowest BCUT2D eigenvalue weighted by molar-refractivity contribution is 0.0108. The zero-order valence-electron chi connectivity index (χ0n) is 7.27. The Morgan fingerprint density at radius 1 is 1.21 bits per heavy atom. The third-order valence-electron chi connectivity index (χ3n) is 1.75. The Morgan fingerprint density at radius 2 is 2.00 bits per heavy atom. The highest BCUT2D eigenvalue weighted by Gasteiger charge is 1.99. The van der Waals surface area contributed by atoms with E-state index < -0.39 is 6.29 Å². The molecule has 1 aromatic carbocycles. The maximum atomic E-state index is 8.53. The second kappa shape index (κ2) is 3.54. The van der Waals surface area contributed by atoms with E-state index in [0.717, 1.165) is 11.0 Å². The lowest BCUT2D eigenvalue weighted by atomic mass is 10.2. The summed E-state index contributed by atoms with van der Waals surface area (Å²) >= 11 is 0. The first kappa shape index (κ1) is 8.82. The molecular formula is C11H8O3. The van der Waals surface area contributed by atoms with Crippen LogP contribution in [0.25, 0.3) is 11.0 Å². The molecule has 2 rings (SSSR count). The van der Waals surface area contributed by atoms with E-state index in [2.05, 4.69) is 11.8 Å². The van der Waals surface area contributed by atoms with Gasteiger partial charge in [-0.1, -0.05) is 18.2 Å². The van der Waals surface area contributed by atoms with Crippen molar-refractivity contribution in [2.24, 2.45) is 0 Å². The van der Waals surface area contributed by atoms with Gasteiger partial charge >= 0.3 is 0 Å². The van der Waals surface area contributed by atoms with Crippen LogP contribution in [0.4, 0.5) is 0 Å². The molecule has 1 aromatic heterocycles. The molecule has 0 radical (unpaired) electrons. The van der Waals surface area contributed by atoms with E-state index >= 15 is 0 Å². The molecule has 0 fully saturated rings. The van der Waals surface area contributed by atoms with Gasteiger partial charge in [0.05, 0.1) is 0 Å². The summed E-state index contributed by atoms with van der Waals surface area (Å²) in [7, 11) is 0. The first-order chi connectivity index (χ1) is 6.75. The number of aliphatic hydroxyl groups excluding tert-OH is 1. The van der Waals surface area contributed by atoms with Crippen LogP contribution in [0, 0.1) is 11.8 Å². The van der Waals surface area contributed by atoms with Crippen LogP contribution in [0.2, 0.25) is 0 Å². The minimum atomic E-state index is -1.62. The van der Waals surface area contributed by atoms with E-state index in [4.69, 9.17) is 14.6 Å². The second-order valence-electron chi connectivity index (χ2n) is 2.79. The summed E-state index contributed by atoms with van der Waals surface area (Å²) in [5.74, 6) is 5.14. The van der Waals surface area contributed by atoms with E-state index in [0.29, 0.717) is 5.76 Å². The number of fused-ring (bicyclic) bond motifs is 1. The third kappa shape index (κ3) is 1.77. The molecule has 0 atom stereocenters. The minimum Gasteiger partial charge on any atom is -0.448 e. The fourth-order valence-corrected chi connectivity index (χ4v) is 1.18. The number of furan rings is 1. The summed E-state index contributed by atoms with van der Waals surface area (Å²) < 4.78 is 5.32. The molecule has 0 amide bonds. The van der Waals surface area contributed by atoms with Gasteiger partial charge in [0.2, 0.25) is 6.29 Å². The summed E-state index contributed by atoms with van der Waals surface area (Å²) in [6.45, 7) is 0. The maximum absolute atomic E-state index is 8.53. The van der Waals surface area contributed by atoms with Gasteiger partial charge in [-0.2, -0.15) is 0 Å². The number of para-hydroxylation sites is 1. The van der Waals surface area contributed by atoms with E-state index in [1.54, 1.807) is 6.07 Å². The Morgan fingerprint density at radius 3 is 2.71 bits per heavy atom. The van der Waals surface area contributed by atoms with Crippen LogP contribution in [-0.2, 0) is 0 Å². The van der Waals surface area contributed by atoms with E-state index in [1.165, 1.54) is 0 Å². The molecule has 0 aliphatic rings. The molecule has 0 unspecified atom stereocenters. The zero-order chi connectivity index (χ0) is 9.97. The number of hydrogen-bond acceptors (Lipinski definition) is 3. The predicted molar refractivity (Wildman–Crippen MR) is 51.3 cm³/mol. The molecular weight excluding hydrogens is 180 g/mol. The standard InChI is InChI=1S/C11H8O3/c12-11(13)6-5-9-7-8-3-1-2-4-10(8)14-9/h1-4,7,11-13H. The van der Waals surface area contributed by atoms with E-state index in [1.807, 2.05) is 24.3 Å². The van der Waals surface area contributed by atoms with Crippen molar-refractivity contribution >= 4 is 11.0 Å². The van der Waals surface area contributed by atoms with Gasteiger partial charge in [-0.15, -0.1) is 0 Å². The smallest absolute Gasteiger partial charge is 0.217 e.